The Kier molecular flexibility index (Phi) is 8.52. The lowest BCUT2D eigenvalue weighted by Crippen LogP contribution is -2.24. The van der Waals surface area contributed by atoms with Crippen LogP contribution in [0.25, 0.3) is 0 Å². The van der Waals surface area contributed by atoms with Crippen molar-refractivity contribution < 1.29 is 9.53 Å². The van der Waals surface area contributed by atoms with Gasteiger partial charge >= 0.3 is 0 Å². The summed E-state index contributed by atoms with van der Waals surface area (Å²) in [6.07, 6.45) is 6.06. The number of hydrogen-bond acceptors (Lipinski definition) is 2. The van der Waals surface area contributed by atoms with E-state index in [0.717, 1.165) is 30.7 Å². The minimum atomic E-state index is 0.134. The molecule has 0 spiro atoms. The molecule has 0 fully saturated rings. The van der Waals surface area contributed by atoms with E-state index in [2.05, 4.69) is 12.2 Å². The molecule has 1 aromatic rings. The Morgan fingerprint density at radius 3 is 2.70 bits per heavy atom. The quantitative estimate of drug-likeness (QED) is 0.660. The average molecular weight is 277 g/mol. The molecule has 0 saturated heterocycles. The van der Waals surface area contributed by atoms with E-state index in [9.17, 15) is 4.79 Å². The van der Waals surface area contributed by atoms with Crippen molar-refractivity contribution in [2.45, 2.75) is 52.4 Å². The SMILES string of the molecule is CCCCCCNC(=O)CCCOc1ccccc1C. The van der Waals surface area contributed by atoms with Crippen LogP contribution in [0.5, 0.6) is 5.75 Å². The number of hydrogen-bond donors (Lipinski definition) is 1. The van der Waals surface area contributed by atoms with Gasteiger partial charge in [0, 0.05) is 13.0 Å². The van der Waals surface area contributed by atoms with E-state index in [1.165, 1.54) is 19.3 Å². The summed E-state index contributed by atoms with van der Waals surface area (Å²) < 4.78 is 5.66. The molecular weight excluding hydrogens is 250 g/mol. The van der Waals surface area contributed by atoms with Gasteiger partial charge in [0.25, 0.3) is 0 Å². The first-order valence-electron chi connectivity index (χ1n) is 7.69. The highest BCUT2D eigenvalue weighted by molar-refractivity contribution is 5.75. The maximum atomic E-state index is 11.6. The smallest absolute Gasteiger partial charge is 0.220 e. The fraction of sp³-hybridized carbons (Fsp3) is 0.588. The van der Waals surface area contributed by atoms with E-state index in [0.29, 0.717) is 13.0 Å². The first kappa shape index (κ1) is 16.5. The third-order valence-electron chi connectivity index (χ3n) is 3.25. The Bertz CT molecular complexity index is 390. The molecule has 0 heterocycles. The maximum Gasteiger partial charge on any atom is 0.220 e. The summed E-state index contributed by atoms with van der Waals surface area (Å²) in [5, 5.41) is 2.96. The minimum absolute atomic E-state index is 0.134. The number of carbonyl (C=O) groups is 1. The second kappa shape index (κ2) is 10.3. The van der Waals surface area contributed by atoms with Crippen LogP contribution in [0.1, 0.15) is 51.0 Å². The molecule has 1 aromatic carbocycles. The highest BCUT2D eigenvalue weighted by Crippen LogP contribution is 2.16. The molecule has 20 heavy (non-hydrogen) atoms. The molecule has 112 valence electrons. The third kappa shape index (κ3) is 7.17. The summed E-state index contributed by atoms with van der Waals surface area (Å²) in [5.41, 5.74) is 1.13. The Morgan fingerprint density at radius 2 is 1.95 bits per heavy atom. The maximum absolute atomic E-state index is 11.6. The molecule has 0 aromatic heterocycles. The van der Waals surface area contributed by atoms with Crippen molar-refractivity contribution in [1.82, 2.24) is 5.32 Å². The van der Waals surface area contributed by atoms with Crippen molar-refractivity contribution in [1.29, 1.82) is 0 Å². The van der Waals surface area contributed by atoms with E-state index in [1.807, 2.05) is 31.2 Å². The average Bonchev–Trinajstić information content (AvgIpc) is 2.45. The van der Waals surface area contributed by atoms with Crippen molar-refractivity contribution >= 4 is 5.91 Å². The van der Waals surface area contributed by atoms with Crippen LogP contribution in [-0.2, 0) is 4.79 Å². The Hall–Kier alpha value is -1.51. The van der Waals surface area contributed by atoms with E-state index in [1.54, 1.807) is 0 Å². The fourth-order valence-corrected chi connectivity index (χ4v) is 2.00. The standard InChI is InChI=1S/C17H27NO2/c1-3-4-5-8-13-18-17(19)12-9-14-20-16-11-7-6-10-15(16)2/h6-7,10-11H,3-5,8-9,12-14H2,1-2H3,(H,18,19). The van der Waals surface area contributed by atoms with Crippen LogP contribution in [0.2, 0.25) is 0 Å². The topological polar surface area (TPSA) is 38.3 Å². The van der Waals surface area contributed by atoms with Crippen LogP contribution in [0.3, 0.4) is 0 Å². The minimum Gasteiger partial charge on any atom is -0.493 e. The van der Waals surface area contributed by atoms with Crippen LogP contribution >= 0.6 is 0 Å². The number of para-hydroxylation sites is 1. The van der Waals surface area contributed by atoms with Gasteiger partial charge in [-0.05, 0) is 31.4 Å². The van der Waals surface area contributed by atoms with Crippen LogP contribution in [0.4, 0.5) is 0 Å². The van der Waals surface area contributed by atoms with Gasteiger partial charge in [-0.3, -0.25) is 4.79 Å². The van der Waals surface area contributed by atoms with Gasteiger partial charge in [-0.2, -0.15) is 0 Å². The molecular formula is C17H27NO2. The highest BCUT2D eigenvalue weighted by atomic mass is 16.5. The lowest BCUT2D eigenvalue weighted by molar-refractivity contribution is -0.121. The summed E-state index contributed by atoms with van der Waals surface area (Å²) >= 11 is 0. The van der Waals surface area contributed by atoms with Crippen molar-refractivity contribution in [2.75, 3.05) is 13.2 Å². The fourth-order valence-electron chi connectivity index (χ4n) is 2.00. The highest BCUT2D eigenvalue weighted by Gasteiger charge is 2.02. The Balaban J connectivity index is 2.03. The lowest BCUT2D eigenvalue weighted by Gasteiger charge is -2.09. The van der Waals surface area contributed by atoms with E-state index < -0.39 is 0 Å². The molecule has 1 amide bonds. The molecule has 3 nitrogen and oxygen atoms in total. The number of benzene rings is 1. The van der Waals surface area contributed by atoms with Gasteiger partial charge in [0.1, 0.15) is 5.75 Å². The first-order valence-corrected chi connectivity index (χ1v) is 7.69. The second-order valence-electron chi connectivity index (χ2n) is 5.13. The molecule has 0 aliphatic rings. The predicted octanol–water partition coefficient (Wildman–Crippen LogP) is 3.85. The molecule has 0 unspecified atom stereocenters. The number of nitrogens with one attached hydrogen (secondary N) is 1. The summed E-state index contributed by atoms with van der Waals surface area (Å²) in [6.45, 7) is 5.61. The van der Waals surface area contributed by atoms with Gasteiger partial charge in [0.2, 0.25) is 5.91 Å². The van der Waals surface area contributed by atoms with Gasteiger partial charge in [-0.25, -0.2) is 0 Å². The molecule has 3 heteroatoms. The van der Waals surface area contributed by atoms with Gasteiger partial charge in [-0.1, -0.05) is 44.4 Å². The number of ether oxygens (including phenoxy) is 1. The van der Waals surface area contributed by atoms with Crippen molar-refractivity contribution in [3.8, 4) is 5.75 Å². The largest absolute Gasteiger partial charge is 0.493 e. The number of aryl methyl sites for hydroxylation is 1. The Labute approximate surface area is 122 Å². The zero-order valence-electron chi connectivity index (χ0n) is 12.8. The van der Waals surface area contributed by atoms with Gasteiger partial charge in [0.05, 0.1) is 6.61 Å². The first-order chi connectivity index (χ1) is 9.74. The number of amides is 1. The summed E-state index contributed by atoms with van der Waals surface area (Å²) in [4.78, 5) is 11.6. The molecule has 0 atom stereocenters. The van der Waals surface area contributed by atoms with Crippen molar-refractivity contribution in [3.63, 3.8) is 0 Å². The molecule has 0 bridgehead atoms. The monoisotopic (exact) mass is 277 g/mol. The third-order valence-corrected chi connectivity index (χ3v) is 3.25. The second-order valence-corrected chi connectivity index (χ2v) is 5.13. The molecule has 0 aliphatic heterocycles. The molecule has 0 aliphatic carbocycles. The summed E-state index contributed by atoms with van der Waals surface area (Å²) in [5.74, 6) is 1.04. The van der Waals surface area contributed by atoms with E-state index >= 15 is 0 Å². The predicted molar refractivity (Wildman–Crippen MR) is 83.1 cm³/mol. The van der Waals surface area contributed by atoms with Crippen LogP contribution in [-0.4, -0.2) is 19.1 Å². The summed E-state index contributed by atoms with van der Waals surface area (Å²) in [7, 11) is 0. The number of carbonyl (C=O) groups excluding carboxylic acids is 1. The van der Waals surface area contributed by atoms with E-state index in [-0.39, 0.29) is 5.91 Å². The van der Waals surface area contributed by atoms with Crippen molar-refractivity contribution in [2.24, 2.45) is 0 Å². The molecule has 0 saturated carbocycles. The Morgan fingerprint density at radius 1 is 1.15 bits per heavy atom. The van der Waals surface area contributed by atoms with Gasteiger partial charge < -0.3 is 10.1 Å². The zero-order chi connectivity index (χ0) is 14.6. The van der Waals surface area contributed by atoms with Gasteiger partial charge in [-0.15, -0.1) is 0 Å². The normalized spacial score (nSPS) is 10.3. The lowest BCUT2D eigenvalue weighted by atomic mass is 10.2. The van der Waals surface area contributed by atoms with Crippen LogP contribution in [0.15, 0.2) is 24.3 Å². The molecule has 1 N–H and O–H groups in total. The van der Waals surface area contributed by atoms with Crippen LogP contribution < -0.4 is 10.1 Å². The van der Waals surface area contributed by atoms with Crippen LogP contribution in [0, 0.1) is 6.92 Å². The van der Waals surface area contributed by atoms with Crippen molar-refractivity contribution in [3.05, 3.63) is 29.8 Å². The van der Waals surface area contributed by atoms with Gasteiger partial charge in [0.15, 0.2) is 0 Å². The number of unbranched alkanes of at least 4 members (excludes halogenated alkanes) is 3. The molecule has 1 rings (SSSR count). The van der Waals surface area contributed by atoms with E-state index in [4.69, 9.17) is 4.74 Å². The summed E-state index contributed by atoms with van der Waals surface area (Å²) in [6, 6.07) is 7.95. The molecule has 0 radical (unpaired) electrons. The zero-order valence-corrected chi connectivity index (χ0v) is 12.8. The number of rotatable bonds is 10.